The fourth-order valence-corrected chi connectivity index (χ4v) is 5.34. The number of nitrogens with one attached hydrogen (secondary N) is 1. The first kappa shape index (κ1) is 21.6. The lowest BCUT2D eigenvalue weighted by molar-refractivity contribution is -0.136. The number of nitrogens with zero attached hydrogens (tertiary/aromatic N) is 2. The Morgan fingerprint density at radius 3 is 2.55 bits per heavy atom. The number of anilines is 1. The molecule has 0 aliphatic carbocycles. The average Bonchev–Trinajstić information content (AvgIpc) is 3.11. The van der Waals surface area contributed by atoms with Crippen molar-refractivity contribution in [3.8, 4) is 0 Å². The highest BCUT2D eigenvalue weighted by Crippen LogP contribution is 2.38. The number of fused-ring (bicyclic) bond motifs is 1. The van der Waals surface area contributed by atoms with Crippen molar-refractivity contribution in [3.63, 3.8) is 0 Å². The highest BCUT2D eigenvalue weighted by Gasteiger charge is 2.41. The molecule has 1 atom stereocenters. The van der Waals surface area contributed by atoms with Gasteiger partial charge in [-0.3, -0.25) is 24.6 Å². The second-order valence-corrected chi connectivity index (χ2v) is 9.17. The van der Waals surface area contributed by atoms with Crippen molar-refractivity contribution >= 4 is 23.4 Å². The molecule has 2 aromatic rings. The maximum absolute atomic E-state index is 14.5. The Balaban J connectivity index is 1.32. The van der Waals surface area contributed by atoms with Gasteiger partial charge >= 0.3 is 0 Å². The fourth-order valence-electron chi connectivity index (χ4n) is 5.34. The molecule has 5 rings (SSSR count). The summed E-state index contributed by atoms with van der Waals surface area (Å²) >= 11 is 0. The summed E-state index contributed by atoms with van der Waals surface area (Å²) in [5, 5.41) is 2.31. The summed E-state index contributed by atoms with van der Waals surface area (Å²) in [4.78, 5) is 40.8. The van der Waals surface area contributed by atoms with Crippen molar-refractivity contribution in [1.29, 1.82) is 0 Å². The third-order valence-corrected chi connectivity index (χ3v) is 7.13. The van der Waals surface area contributed by atoms with Crippen LogP contribution in [0.5, 0.6) is 0 Å². The van der Waals surface area contributed by atoms with E-state index in [1.54, 1.807) is 6.07 Å². The van der Waals surface area contributed by atoms with Gasteiger partial charge in [0.1, 0.15) is 11.9 Å². The average molecular weight is 451 g/mol. The Kier molecular flexibility index (Phi) is 5.62. The number of likely N-dealkylation sites (tertiary alicyclic amines) is 1. The van der Waals surface area contributed by atoms with Crippen LogP contribution in [0.2, 0.25) is 0 Å². The van der Waals surface area contributed by atoms with Gasteiger partial charge in [-0.2, -0.15) is 0 Å². The fraction of sp³-hybridized carbons (Fsp3) is 0.400. The highest BCUT2D eigenvalue weighted by atomic mass is 19.1. The van der Waals surface area contributed by atoms with Gasteiger partial charge in [-0.15, -0.1) is 0 Å². The van der Waals surface area contributed by atoms with Crippen LogP contribution >= 0.6 is 0 Å². The van der Waals surface area contributed by atoms with Gasteiger partial charge in [-0.25, -0.2) is 4.39 Å². The van der Waals surface area contributed by atoms with Gasteiger partial charge < -0.3 is 10.6 Å². The second kappa shape index (κ2) is 8.59. The smallest absolute Gasteiger partial charge is 0.255 e. The molecule has 172 valence electrons. The number of imide groups is 1. The van der Waals surface area contributed by atoms with Crippen LogP contribution in [0.4, 0.5) is 10.1 Å². The lowest BCUT2D eigenvalue weighted by atomic mass is 9.85. The van der Waals surface area contributed by atoms with Crippen molar-refractivity contribution in [2.75, 3.05) is 18.8 Å². The topological polar surface area (TPSA) is 95.7 Å². The number of carbonyl (C=O) groups excluding carboxylic acids is 3. The quantitative estimate of drug-likeness (QED) is 0.551. The maximum atomic E-state index is 14.5. The minimum atomic E-state index is -0.698. The Morgan fingerprint density at radius 2 is 1.82 bits per heavy atom. The summed E-state index contributed by atoms with van der Waals surface area (Å²) in [6, 6.07) is 9.99. The van der Waals surface area contributed by atoms with E-state index in [1.165, 1.54) is 11.0 Å². The second-order valence-electron chi connectivity index (χ2n) is 9.17. The first-order valence-electron chi connectivity index (χ1n) is 11.4. The standard InChI is InChI=1S/C25H27FN4O3/c26-17-11-18(15-7-9-29(10-8-15)13-16-3-1-2-4-21(16)27)20-14-30(25(33)19(20)12-17)22-5-6-23(31)28-24(22)32/h1-4,11-12,15,22H,5-10,13-14,27H2,(H,28,31,32). The molecule has 3 aliphatic rings. The summed E-state index contributed by atoms with van der Waals surface area (Å²) < 4.78 is 14.5. The molecular weight excluding hydrogens is 423 g/mol. The Bertz CT molecular complexity index is 1130. The molecule has 2 aromatic carbocycles. The molecule has 7 nitrogen and oxygen atoms in total. The molecule has 3 amide bonds. The molecule has 2 fully saturated rings. The molecule has 0 radical (unpaired) electrons. The minimum Gasteiger partial charge on any atom is -0.398 e. The Labute approximate surface area is 191 Å². The van der Waals surface area contributed by atoms with E-state index in [2.05, 4.69) is 10.2 Å². The maximum Gasteiger partial charge on any atom is 0.255 e. The third-order valence-electron chi connectivity index (χ3n) is 7.13. The Hall–Kier alpha value is -3.26. The van der Waals surface area contributed by atoms with Crippen molar-refractivity contribution in [1.82, 2.24) is 15.1 Å². The lowest BCUT2D eigenvalue weighted by Crippen LogP contribution is -2.52. The number of amides is 3. The van der Waals surface area contributed by atoms with Gasteiger partial charge in [-0.05, 0) is 73.2 Å². The summed E-state index contributed by atoms with van der Waals surface area (Å²) in [6.07, 6.45) is 2.20. The van der Waals surface area contributed by atoms with Crippen LogP contribution in [0, 0.1) is 5.82 Å². The zero-order valence-electron chi connectivity index (χ0n) is 18.4. The highest BCUT2D eigenvalue weighted by molar-refractivity contribution is 6.05. The van der Waals surface area contributed by atoms with E-state index < -0.39 is 17.8 Å². The number of hydrogen-bond donors (Lipinski definition) is 2. The molecular formula is C25H27FN4O3. The molecule has 0 aromatic heterocycles. The predicted octanol–water partition coefficient (Wildman–Crippen LogP) is 2.55. The number of hydrogen-bond acceptors (Lipinski definition) is 5. The van der Waals surface area contributed by atoms with E-state index in [1.807, 2.05) is 24.3 Å². The summed E-state index contributed by atoms with van der Waals surface area (Å²) in [5.74, 6) is -1.40. The van der Waals surface area contributed by atoms with Gasteiger partial charge in [0.15, 0.2) is 0 Å². The molecule has 0 bridgehead atoms. The van der Waals surface area contributed by atoms with E-state index in [9.17, 15) is 18.8 Å². The first-order chi connectivity index (χ1) is 15.9. The molecule has 1 unspecified atom stereocenters. The third kappa shape index (κ3) is 4.11. The number of carbonyl (C=O) groups is 3. The number of piperidine rings is 2. The van der Waals surface area contributed by atoms with Gasteiger partial charge in [0.25, 0.3) is 5.91 Å². The number of para-hydroxylation sites is 1. The van der Waals surface area contributed by atoms with Crippen LogP contribution in [0.15, 0.2) is 36.4 Å². The monoisotopic (exact) mass is 450 g/mol. The molecule has 8 heteroatoms. The van der Waals surface area contributed by atoms with Crippen LogP contribution in [0.25, 0.3) is 0 Å². The number of nitrogens with two attached hydrogens (primary N) is 1. The number of halogens is 1. The van der Waals surface area contributed by atoms with Gasteiger partial charge in [-0.1, -0.05) is 18.2 Å². The molecule has 33 heavy (non-hydrogen) atoms. The normalized spacial score (nSPS) is 21.9. The summed E-state index contributed by atoms with van der Waals surface area (Å²) in [7, 11) is 0. The molecule has 0 spiro atoms. The molecule has 3 aliphatic heterocycles. The SMILES string of the molecule is Nc1ccccc1CN1CCC(c2cc(F)cc3c2CN(C2CCC(=O)NC2=O)C3=O)CC1. The molecule has 3 heterocycles. The number of benzene rings is 2. The van der Waals surface area contributed by atoms with E-state index >= 15 is 0 Å². The Morgan fingerprint density at radius 1 is 1.06 bits per heavy atom. The lowest BCUT2D eigenvalue weighted by Gasteiger charge is -2.33. The van der Waals surface area contributed by atoms with Crippen LogP contribution in [0.1, 0.15) is 58.6 Å². The summed E-state index contributed by atoms with van der Waals surface area (Å²) in [5.41, 5.74) is 10.0. The van der Waals surface area contributed by atoms with Crippen molar-refractivity contribution in [2.24, 2.45) is 0 Å². The largest absolute Gasteiger partial charge is 0.398 e. The molecule has 3 N–H and O–H groups in total. The summed E-state index contributed by atoms with van der Waals surface area (Å²) in [6.45, 7) is 2.77. The predicted molar refractivity (Wildman–Crippen MR) is 121 cm³/mol. The minimum absolute atomic E-state index is 0.147. The van der Waals surface area contributed by atoms with E-state index in [0.29, 0.717) is 12.0 Å². The number of nitrogen functional groups attached to an aromatic ring is 1. The van der Waals surface area contributed by atoms with Gasteiger partial charge in [0, 0.05) is 30.8 Å². The van der Waals surface area contributed by atoms with E-state index in [4.69, 9.17) is 5.73 Å². The molecule has 0 saturated carbocycles. The number of rotatable bonds is 4. The van der Waals surface area contributed by atoms with Crippen molar-refractivity contribution < 1.29 is 18.8 Å². The van der Waals surface area contributed by atoms with Crippen molar-refractivity contribution in [2.45, 2.75) is 50.7 Å². The van der Waals surface area contributed by atoms with Crippen LogP contribution in [-0.2, 0) is 22.7 Å². The zero-order valence-corrected chi connectivity index (χ0v) is 18.4. The van der Waals surface area contributed by atoms with Crippen molar-refractivity contribution in [3.05, 3.63) is 64.5 Å². The van der Waals surface area contributed by atoms with Crippen LogP contribution in [-0.4, -0.2) is 46.7 Å². The van der Waals surface area contributed by atoms with E-state index in [-0.39, 0.29) is 30.7 Å². The van der Waals surface area contributed by atoms with E-state index in [0.717, 1.165) is 54.9 Å². The zero-order chi connectivity index (χ0) is 23.1. The van der Waals surface area contributed by atoms with Gasteiger partial charge in [0.2, 0.25) is 11.8 Å². The van der Waals surface area contributed by atoms with Gasteiger partial charge in [0.05, 0.1) is 0 Å². The van der Waals surface area contributed by atoms with Crippen LogP contribution in [0.3, 0.4) is 0 Å². The van der Waals surface area contributed by atoms with Crippen LogP contribution < -0.4 is 11.1 Å². The first-order valence-corrected chi connectivity index (χ1v) is 11.4. The molecule has 2 saturated heterocycles.